The molecule has 0 aromatic heterocycles. The van der Waals surface area contributed by atoms with E-state index in [9.17, 15) is 19.2 Å². The maximum atomic E-state index is 14.4. The van der Waals surface area contributed by atoms with Crippen LogP contribution >= 0.6 is 0 Å². The van der Waals surface area contributed by atoms with Crippen molar-refractivity contribution >= 4 is 23.8 Å². The molecule has 0 aliphatic carbocycles. The number of nitrogens with one attached hydrogen (secondary N) is 1. The molecule has 0 saturated carbocycles. The molecule has 3 N–H and O–H groups in total. The van der Waals surface area contributed by atoms with Gasteiger partial charge in [-0.3, -0.25) is 19.2 Å². The van der Waals surface area contributed by atoms with E-state index in [0.29, 0.717) is 16.7 Å². The van der Waals surface area contributed by atoms with Crippen LogP contribution in [0.25, 0.3) is 0 Å². The number of hydrogen-bond acceptors (Lipinski definition) is 6. The number of hydrogen-bond donors (Lipinski definition) is 2. The molecular formula is C29H30N2O6. The van der Waals surface area contributed by atoms with Crippen LogP contribution in [0, 0.1) is 11.8 Å². The maximum absolute atomic E-state index is 14.4. The molecule has 2 atom stereocenters. The third kappa shape index (κ3) is 5.38. The van der Waals surface area contributed by atoms with Gasteiger partial charge in [0.15, 0.2) is 5.92 Å². The van der Waals surface area contributed by atoms with Gasteiger partial charge in [-0.25, -0.2) is 0 Å². The Kier molecular flexibility index (Phi) is 8.79. The van der Waals surface area contributed by atoms with E-state index in [2.05, 4.69) is 5.32 Å². The first-order valence-electron chi connectivity index (χ1n) is 11.7. The van der Waals surface area contributed by atoms with Crippen molar-refractivity contribution in [3.63, 3.8) is 0 Å². The zero-order chi connectivity index (χ0) is 27.0. The Morgan fingerprint density at radius 2 is 1.05 bits per heavy atom. The van der Waals surface area contributed by atoms with Crippen LogP contribution in [0.15, 0.2) is 91.0 Å². The van der Waals surface area contributed by atoms with Gasteiger partial charge < -0.3 is 20.5 Å². The SMILES string of the molecule is COC(=O)C(C(=O)OC)[C@H](C)[C@H](NC(=O)C(c1ccccc1)(c1ccccc1)c1ccccc1)C(N)=O. The smallest absolute Gasteiger partial charge is 0.320 e. The second-order valence-corrected chi connectivity index (χ2v) is 8.58. The maximum Gasteiger partial charge on any atom is 0.320 e. The second-order valence-electron chi connectivity index (χ2n) is 8.58. The third-order valence-electron chi connectivity index (χ3n) is 6.52. The average molecular weight is 503 g/mol. The van der Waals surface area contributed by atoms with Crippen molar-refractivity contribution < 1.29 is 28.7 Å². The van der Waals surface area contributed by atoms with Gasteiger partial charge >= 0.3 is 11.9 Å². The van der Waals surface area contributed by atoms with Crippen molar-refractivity contribution in [3.8, 4) is 0 Å². The van der Waals surface area contributed by atoms with Crippen LogP contribution in [0.1, 0.15) is 23.6 Å². The lowest BCUT2D eigenvalue weighted by Crippen LogP contribution is -2.57. The van der Waals surface area contributed by atoms with E-state index in [1.807, 2.05) is 91.0 Å². The Balaban J connectivity index is 2.20. The normalized spacial score (nSPS) is 12.8. The van der Waals surface area contributed by atoms with Crippen LogP contribution in [0.2, 0.25) is 0 Å². The summed E-state index contributed by atoms with van der Waals surface area (Å²) in [4.78, 5) is 52.0. The van der Waals surface area contributed by atoms with Crippen molar-refractivity contribution in [2.24, 2.45) is 17.6 Å². The molecule has 3 rings (SSSR count). The van der Waals surface area contributed by atoms with Gasteiger partial charge in [-0.05, 0) is 16.7 Å². The van der Waals surface area contributed by atoms with Gasteiger partial charge in [0.25, 0.3) is 0 Å². The van der Waals surface area contributed by atoms with Crippen molar-refractivity contribution in [2.75, 3.05) is 14.2 Å². The van der Waals surface area contributed by atoms with Crippen LogP contribution in [-0.4, -0.2) is 44.0 Å². The molecule has 0 fully saturated rings. The first-order chi connectivity index (χ1) is 17.8. The fraction of sp³-hybridized carbons (Fsp3) is 0.241. The Morgan fingerprint density at radius 1 is 0.703 bits per heavy atom. The van der Waals surface area contributed by atoms with Gasteiger partial charge in [-0.15, -0.1) is 0 Å². The Morgan fingerprint density at radius 3 is 1.35 bits per heavy atom. The van der Waals surface area contributed by atoms with Crippen LogP contribution in [-0.2, 0) is 34.1 Å². The Labute approximate surface area is 215 Å². The van der Waals surface area contributed by atoms with Gasteiger partial charge in [-0.1, -0.05) is 97.9 Å². The van der Waals surface area contributed by atoms with Crippen molar-refractivity contribution in [1.82, 2.24) is 5.32 Å². The molecule has 0 bridgehead atoms. The molecule has 8 heteroatoms. The van der Waals surface area contributed by atoms with Crippen molar-refractivity contribution in [2.45, 2.75) is 18.4 Å². The summed E-state index contributed by atoms with van der Waals surface area (Å²) >= 11 is 0. The van der Waals surface area contributed by atoms with E-state index in [0.717, 1.165) is 14.2 Å². The molecule has 0 heterocycles. The molecule has 0 saturated heterocycles. The number of methoxy groups -OCH3 is 2. The number of nitrogens with two attached hydrogens (primary N) is 1. The molecule has 0 radical (unpaired) electrons. The Hall–Kier alpha value is -4.46. The van der Waals surface area contributed by atoms with E-state index in [1.54, 1.807) is 0 Å². The Bertz CT molecular complexity index is 1120. The number of amides is 2. The molecule has 0 unspecified atom stereocenters. The number of benzene rings is 3. The molecule has 2 amide bonds. The van der Waals surface area contributed by atoms with Crippen molar-refractivity contribution in [1.29, 1.82) is 0 Å². The summed E-state index contributed by atoms with van der Waals surface area (Å²) in [5, 5.41) is 2.76. The first-order valence-corrected chi connectivity index (χ1v) is 11.7. The standard InChI is InChI=1S/C29H30N2O6/c1-19(23(26(33)36-2)27(34)37-3)24(25(30)32)31-28(35)29(20-13-7-4-8-14-20,21-15-9-5-10-16-21)22-17-11-6-12-18-22/h4-19,23-24H,1-3H3,(H2,30,32)(H,31,35)/t19-,24-/m0/s1. The largest absolute Gasteiger partial charge is 0.468 e. The molecule has 37 heavy (non-hydrogen) atoms. The van der Waals surface area contributed by atoms with Gasteiger partial charge in [-0.2, -0.15) is 0 Å². The summed E-state index contributed by atoms with van der Waals surface area (Å²) in [5.41, 5.74) is 6.28. The number of rotatable bonds is 10. The summed E-state index contributed by atoms with van der Waals surface area (Å²) in [6.45, 7) is 1.46. The lowest BCUT2D eigenvalue weighted by Gasteiger charge is -2.37. The van der Waals surface area contributed by atoms with E-state index >= 15 is 0 Å². The number of ether oxygens (including phenoxy) is 2. The second kappa shape index (κ2) is 12.0. The molecule has 8 nitrogen and oxygen atoms in total. The lowest BCUT2D eigenvalue weighted by atomic mass is 9.68. The van der Waals surface area contributed by atoms with Crippen LogP contribution in [0.4, 0.5) is 0 Å². The minimum absolute atomic E-state index is 0.555. The van der Waals surface area contributed by atoms with E-state index in [-0.39, 0.29) is 0 Å². The highest BCUT2D eigenvalue weighted by atomic mass is 16.5. The predicted molar refractivity (Wildman–Crippen MR) is 137 cm³/mol. The fourth-order valence-corrected chi connectivity index (χ4v) is 4.64. The molecule has 0 aliphatic rings. The summed E-state index contributed by atoms with van der Waals surface area (Å²) in [6, 6.07) is 26.0. The topological polar surface area (TPSA) is 125 Å². The number of primary amides is 1. The molecule has 3 aromatic carbocycles. The summed E-state index contributed by atoms with van der Waals surface area (Å²) < 4.78 is 9.52. The van der Waals surface area contributed by atoms with Gasteiger partial charge in [0, 0.05) is 5.92 Å². The lowest BCUT2D eigenvalue weighted by molar-refractivity contribution is -0.162. The van der Waals surface area contributed by atoms with Crippen molar-refractivity contribution in [3.05, 3.63) is 108 Å². The zero-order valence-electron chi connectivity index (χ0n) is 20.9. The highest BCUT2D eigenvalue weighted by Gasteiger charge is 2.47. The average Bonchev–Trinajstić information content (AvgIpc) is 2.93. The predicted octanol–water partition coefficient (Wildman–Crippen LogP) is 2.59. The number of esters is 2. The van der Waals surface area contributed by atoms with Crippen LogP contribution < -0.4 is 11.1 Å². The highest BCUT2D eigenvalue weighted by molar-refractivity contribution is 6.00. The molecule has 192 valence electrons. The highest BCUT2D eigenvalue weighted by Crippen LogP contribution is 2.40. The summed E-state index contributed by atoms with van der Waals surface area (Å²) in [7, 11) is 2.24. The van der Waals surface area contributed by atoms with Crippen LogP contribution in [0.3, 0.4) is 0 Å². The summed E-state index contributed by atoms with van der Waals surface area (Å²) in [6.07, 6.45) is 0. The minimum atomic E-state index is -1.48. The van der Waals surface area contributed by atoms with Crippen LogP contribution in [0.5, 0.6) is 0 Å². The fourth-order valence-electron chi connectivity index (χ4n) is 4.64. The minimum Gasteiger partial charge on any atom is -0.468 e. The van der Waals surface area contributed by atoms with E-state index < -0.39 is 47.0 Å². The molecule has 0 aliphatic heterocycles. The van der Waals surface area contributed by atoms with Gasteiger partial charge in [0.05, 0.1) is 14.2 Å². The van der Waals surface area contributed by atoms with E-state index in [4.69, 9.17) is 15.2 Å². The zero-order valence-corrected chi connectivity index (χ0v) is 20.9. The first kappa shape index (κ1) is 27.1. The molecule has 0 spiro atoms. The number of carbonyl (C=O) groups is 4. The summed E-state index contributed by atoms with van der Waals surface area (Å²) in [5.74, 6) is -5.82. The number of carbonyl (C=O) groups excluding carboxylic acids is 4. The molecule has 3 aromatic rings. The van der Waals surface area contributed by atoms with Gasteiger partial charge in [0.1, 0.15) is 11.5 Å². The third-order valence-corrected chi connectivity index (χ3v) is 6.52. The van der Waals surface area contributed by atoms with E-state index in [1.165, 1.54) is 6.92 Å². The monoisotopic (exact) mass is 502 g/mol. The van der Waals surface area contributed by atoms with Gasteiger partial charge in [0.2, 0.25) is 11.8 Å². The quantitative estimate of drug-likeness (QED) is 0.249. The molecular weight excluding hydrogens is 472 g/mol.